The van der Waals surface area contributed by atoms with E-state index in [1.165, 1.54) is 12.1 Å². The summed E-state index contributed by atoms with van der Waals surface area (Å²) in [6.07, 6.45) is 0. The lowest BCUT2D eigenvalue weighted by Gasteiger charge is -2.26. The molecule has 1 rings (SSSR count). The van der Waals surface area contributed by atoms with Gasteiger partial charge in [0.25, 0.3) is 5.69 Å². The largest absolute Gasteiger partial charge is 0.372 e. The molecule has 0 amide bonds. The van der Waals surface area contributed by atoms with Gasteiger partial charge >= 0.3 is 0 Å². The maximum atomic E-state index is 10.5. The number of nitrogens with zero attached hydrogens (tertiary/aromatic N) is 1. The fourth-order valence-electron chi connectivity index (χ4n) is 1.25. The second kappa shape index (κ2) is 4.37. The summed E-state index contributed by atoms with van der Waals surface area (Å²) in [4.78, 5) is 10.0. The van der Waals surface area contributed by atoms with Gasteiger partial charge in [-0.3, -0.25) is 10.1 Å². The molecule has 1 aromatic carbocycles. The maximum Gasteiger partial charge on any atom is 0.269 e. The van der Waals surface area contributed by atoms with Crippen LogP contribution in [0.2, 0.25) is 0 Å². The Labute approximate surface area is 88.0 Å². The van der Waals surface area contributed by atoms with Gasteiger partial charge in [-0.05, 0) is 24.6 Å². The minimum atomic E-state index is -0.588. The Morgan fingerprint density at radius 2 is 2.00 bits per heavy atom. The first-order chi connectivity index (χ1) is 7.03. The molecule has 82 valence electrons. The molecule has 0 fully saturated rings. The molecule has 15 heavy (non-hydrogen) atoms. The molecule has 0 aliphatic carbocycles. The number of ether oxygens (including phenoxy) is 1. The van der Waals surface area contributed by atoms with E-state index in [-0.39, 0.29) is 5.69 Å². The van der Waals surface area contributed by atoms with Crippen molar-refractivity contribution in [1.29, 1.82) is 0 Å². The van der Waals surface area contributed by atoms with Crippen molar-refractivity contribution in [3.63, 3.8) is 0 Å². The quantitative estimate of drug-likeness (QED) is 0.602. The van der Waals surface area contributed by atoms with Crippen LogP contribution in [0.25, 0.3) is 0 Å². The summed E-state index contributed by atoms with van der Waals surface area (Å²) in [5.41, 5.74) is 5.90. The standard InChI is InChI=1S/C10H14N2O3/c1-10(7-11,15-2)8-3-5-9(6-4-8)12(13)14/h3-6H,7,11H2,1-2H3. The van der Waals surface area contributed by atoms with Crippen molar-refractivity contribution in [3.8, 4) is 0 Å². The monoisotopic (exact) mass is 210 g/mol. The Bertz CT molecular complexity index is 344. The Hall–Kier alpha value is -1.46. The van der Waals surface area contributed by atoms with Crippen LogP contribution in [-0.2, 0) is 10.3 Å². The zero-order chi connectivity index (χ0) is 11.5. The third-order valence-electron chi connectivity index (χ3n) is 2.53. The summed E-state index contributed by atoms with van der Waals surface area (Å²) in [6.45, 7) is 2.16. The van der Waals surface area contributed by atoms with Gasteiger partial charge in [0.1, 0.15) is 5.60 Å². The van der Waals surface area contributed by atoms with Gasteiger partial charge in [0, 0.05) is 25.8 Å². The van der Waals surface area contributed by atoms with Gasteiger partial charge in [-0.2, -0.15) is 0 Å². The molecule has 1 atom stereocenters. The highest BCUT2D eigenvalue weighted by Gasteiger charge is 2.24. The van der Waals surface area contributed by atoms with E-state index in [1.807, 2.05) is 6.92 Å². The van der Waals surface area contributed by atoms with Crippen molar-refractivity contribution in [1.82, 2.24) is 0 Å². The summed E-state index contributed by atoms with van der Waals surface area (Å²) < 4.78 is 5.28. The molecule has 0 aliphatic rings. The van der Waals surface area contributed by atoms with Crippen molar-refractivity contribution in [2.45, 2.75) is 12.5 Å². The van der Waals surface area contributed by atoms with Gasteiger partial charge in [0.05, 0.1) is 4.92 Å². The van der Waals surface area contributed by atoms with Crippen LogP contribution in [0, 0.1) is 10.1 Å². The van der Waals surface area contributed by atoms with E-state index in [1.54, 1.807) is 19.2 Å². The molecule has 1 unspecified atom stereocenters. The Balaban J connectivity index is 3.02. The molecular weight excluding hydrogens is 196 g/mol. The van der Waals surface area contributed by atoms with Crippen molar-refractivity contribution in [2.24, 2.45) is 5.73 Å². The van der Waals surface area contributed by atoms with Gasteiger partial charge in [-0.25, -0.2) is 0 Å². The lowest BCUT2D eigenvalue weighted by atomic mass is 9.96. The lowest BCUT2D eigenvalue weighted by molar-refractivity contribution is -0.384. The first-order valence-electron chi connectivity index (χ1n) is 4.53. The van der Waals surface area contributed by atoms with E-state index in [0.717, 1.165) is 5.56 Å². The maximum absolute atomic E-state index is 10.5. The molecule has 2 N–H and O–H groups in total. The Morgan fingerprint density at radius 1 is 1.47 bits per heavy atom. The van der Waals surface area contributed by atoms with Crippen molar-refractivity contribution in [3.05, 3.63) is 39.9 Å². The number of nitro benzene ring substituents is 1. The van der Waals surface area contributed by atoms with Crippen LogP contribution in [0.3, 0.4) is 0 Å². The van der Waals surface area contributed by atoms with Crippen LogP contribution in [0.5, 0.6) is 0 Å². The highest BCUT2D eigenvalue weighted by Crippen LogP contribution is 2.25. The van der Waals surface area contributed by atoms with Crippen LogP contribution in [0.4, 0.5) is 5.69 Å². The molecule has 0 aromatic heterocycles. The smallest absolute Gasteiger partial charge is 0.269 e. The molecule has 0 radical (unpaired) electrons. The third-order valence-corrected chi connectivity index (χ3v) is 2.53. The summed E-state index contributed by atoms with van der Waals surface area (Å²) in [5, 5.41) is 10.5. The van der Waals surface area contributed by atoms with E-state index in [0.29, 0.717) is 6.54 Å². The van der Waals surface area contributed by atoms with E-state index >= 15 is 0 Å². The molecule has 0 saturated heterocycles. The summed E-state index contributed by atoms with van der Waals surface area (Å²) >= 11 is 0. The number of hydrogen-bond donors (Lipinski definition) is 1. The van der Waals surface area contributed by atoms with Gasteiger partial charge in [-0.15, -0.1) is 0 Å². The van der Waals surface area contributed by atoms with Crippen molar-refractivity contribution >= 4 is 5.69 Å². The van der Waals surface area contributed by atoms with E-state index in [4.69, 9.17) is 10.5 Å². The minimum Gasteiger partial charge on any atom is -0.372 e. The molecule has 5 heteroatoms. The fraction of sp³-hybridized carbons (Fsp3) is 0.400. The number of rotatable bonds is 4. The first kappa shape index (κ1) is 11.6. The van der Waals surface area contributed by atoms with Gasteiger partial charge < -0.3 is 10.5 Å². The molecule has 0 aliphatic heterocycles. The average molecular weight is 210 g/mol. The van der Waals surface area contributed by atoms with Crippen LogP contribution >= 0.6 is 0 Å². The number of non-ortho nitro benzene ring substituents is 1. The third kappa shape index (κ3) is 2.31. The second-order valence-corrected chi connectivity index (χ2v) is 3.44. The molecule has 0 bridgehead atoms. The average Bonchev–Trinajstić information content (AvgIpc) is 2.28. The van der Waals surface area contributed by atoms with Crippen LogP contribution in [-0.4, -0.2) is 18.6 Å². The van der Waals surface area contributed by atoms with Gasteiger partial charge in [0.15, 0.2) is 0 Å². The number of nitro groups is 1. The van der Waals surface area contributed by atoms with Crippen molar-refractivity contribution in [2.75, 3.05) is 13.7 Å². The topological polar surface area (TPSA) is 78.4 Å². The fourth-order valence-corrected chi connectivity index (χ4v) is 1.25. The Morgan fingerprint density at radius 3 is 2.33 bits per heavy atom. The Kier molecular flexibility index (Phi) is 3.39. The van der Waals surface area contributed by atoms with Crippen molar-refractivity contribution < 1.29 is 9.66 Å². The van der Waals surface area contributed by atoms with Crippen LogP contribution in [0.1, 0.15) is 12.5 Å². The molecule has 5 nitrogen and oxygen atoms in total. The highest BCUT2D eigenvalue weighted by atomic mass is 16.6. The molecular formula is C10H14N2O3. The normalized spacial score (nSPS) is 14.6. The minimum absolute atomic E-state index is 0.0641. The number of methoxy groups -OCH3 is 1. The number of hydrogen-bond acceptors (Lipinski definition) is 4. The molecule has 0 heterocycles. The van der Waals surface area contributed by atoms with Crippen LogP contribution < -0.4 is 5.73 Å². The predicted octanol–water partition coefficient (Wildman–Crippen LogP) is 1.42. The zero-order valence-corrected chi connectivity index (χ0v) is 8.77. The lowest BCUT2D eigenvalue weighted by Crippen LogP contribution is -2.33. The number of nitrogens with two attached hydrogens (primary N) is 1. The second-order valence-electron chi connectivity index (χ2n) is 3.44. The summed E-state index contributed by atoms with van der Waals surface area (Å²) in [5.74, 6) is 0. The molecule has 0 saturated carbocycles. The predicted molar refractivity (Wildman–Crippen MR) is 56.5 cm³/mol. The summed E-state index contributed by atoms with van der Waals surface area (Å²) in [6, 6.07) is 6.22. The number of benzene rings is 1. The van der Waals surface area contributed by atoms with Gasteiger partial charge in [-0.1, -0.05) is 0 Å². The van der Waals surface area contributed by atoms with E-state index in [2.05, 4.69) is 0 Å². The van der Waals surface area contributed by atoms with E-state index in [9.17, 15) is 10.1 Å². The summed E-state index contributed by atoms with van der Waals surface area (Å²) in [7, 11) is 1.56. The molecule has 1 aromatic rings. The molecule has 0 spiro atoms. The van der Waals surface area contributed by atoms with Crippen LogP contribution in [0.15, 0.2) is 24.3 Å². The van der Waals surface area contributed by atoms with Gasteiger partial charge in [0.2, 0.25) is 0 Å². The first-order valence-corrected chi connectivity index (χ1v) is 4.53. The van der Waals surface area contributed by atoms with E-state index < -0.39 is 10.5 Å². The zero-order valence-electron chi connectivity index (χ0n) is 8.77. The SMILES string of the molecule is COC(C)(CN)c1ccc([N+](=O)[O-])cc1. The highest BCUT2D eigenvalue weighted by molar-refractivity contribution is 5.35.